The van der Waals surface area contributed by atoms with Gasteiger partial charge >= 0.3 is 0 Å². The van der Waals surface area contributed by atoms with Crippen LogP contribution < -0.4 is 4.90 Å². The van der Waals surface area contributed by atoms with Crippen LogP contribution in [-0.4, -0.2) is 42.0 Å². The Morgan fingerprint density at radius 1 is 1.03 bits per heavy atom. The zero-order chi connectivity index (χ0) is 20.4. The van der Waals surface area contributed by atoms with Crippen molar-refractivity contribution in [1.82, 2.24) is 9.88 Å². The molecule has 0 aliphatic carbocycles. The van der Waals surface area contributed by atoms with Crippen LogP contribution in [0.5, 0.6) is 0 Å². The van der Waals surface area contributed by atoms with Gasteiger partial charge in [-0.05, 0) is 42.5 Å². The second-order valence-electron chi connectivity index (χ2n) is 6.58. The lowest BCUT2D eigenvalue weighted by Gasteiger charge is -2.34. The van der Waals surface area contributed by atoms with E-state index < -0.39 is 0 Å². The maximum atomic E-state index is 12.7. The molecule has 3 aromatic rings. The average Bonchev–Trinajstić information content (AvgIpc) is 3.18. The summed E-state index contributed by atoms with van der Waals surface area (Å²) in [7, 11) is 0. The fourth-order valence-electron chi connectivity index (χ4n) is 3.23. The molecule has 1 aromatic heterocycles. The van der Waals surface area contributed by atoms with Gasteiger partial charge in [-0.15, -0.1) is 0 Å². The van der Waals surface area contributed by atoms with Crippen molar-refractivity contribution in [3.63, 3.8) is 0 Å². The first-order valence-corrected chi connectivity index (χ1v) is 9.77. The molecule has 6 nitrogen and oxygen atoms in total. The highest BCUT2D eigenvalue weighted by Crippen LogP contribution is 2.30. The number of nitriles is 1. The Labute approximate surface area is 177 Å². The van der Waals surface area contributed by atoms with Gasteiger partial charge in [0.2, 0.25) is 17.5 Å². The maximum absolute atomic E-state index is 12.7. The van der Waals surface area contributed by atoms with Crippen molar-refractivity contribution in [3.8, 4) is 17.5 Å². The van der Waals surface area contributed by atoms with Gasteiger partial charge < -0.3 is 14.2 Å². The van der Waals surface area contributed by atoms with Crippen LogP contribution in [0.25, 0.3) is 11.5 Å². The van der Waals surface area contributed by atoms with E-state index in [0.717, 1.165) is 0 Å². The molecule has 0 unspecified atom stereocenters. The number of hydrogen-bond acceptors (Lipinski definition) is 5. The van der Waals surface area contributed by atoms with Crippen molar-refractivity contribution in [2.24, 2.45) is 0 Å². The monoisotopic (exact) mass is 426 g/mol. The van der Waals surface area contributed by atoms with Gasteiger partial charge in [-0.1, -0.05) is 29.3 Å². The zero-order valence-electron chi connectivity index (χ0n) is 15.3. The molecule has 0 atom stereocenters. The largest absolute Gasteiger partial charge is 0.419 e. The highest BCUT2D eigenvalue weighted by Gasteiger charge is 2.27. The van der Waals surface area contributed by atoms with Crippen LogP contribution in [-0.2, 0) is 0 Å². The molecule has 2 aromatic carbocycles. The summed E-state index contributed by atoms with van der Waals surface area (Å²) >= 11 is 11.9. The summed E-state index contributed by atoms with van der Waals surface area (Å²) in [6.07, 6.45) is 0. The summed E-state index contributed by atoms with van der Waals surface area (Å²) in [6.45, 7) is 2.11. The highest BCUT2D eigenvalue weighted by molar-refractivity contribution is 6.31. The van der Waals surface area contributed by atoms with Gasteiger partial charge in [-0.25, -0.2) is 0 Å². The Morgan fingerprint density at radius 2 is 1.76 bits per heavy atom. The van der Waals surface area contributed by atoms with E-state index in [-0.39, 0.29) is 11.6 Å². The number of hydrogen-bond donors (Lipinski definition) is 0. The summed E-state index contributed by atoms with van der Waals surface area (Å²) in [4.78, 5) is 20.7. The molecular weight excluding hydrogens is 411 g/mol. The minimum atomic E-state index is -0.0426. The normalized spacial score (nSPS) is 14.0. The molecule has 0 saturated carbocycles. The molecule has 4 rings (SSSR count). The van der Waals surface area contributed by atoms with Gasteiger partial charge in [0, 0.05) is 47.4 Å². The van der Waals surface area contributed by atoms with Crippen LogP contribution in [0, 0.1) is 11.3 Å². The second-order valence-corrected chi connectivity index (χ2v) is 7.45. The smallest absolute Gasteiger partial charge is 0.253 e. The quantitative estimate of drug-likeness (QED) is 0.616. The van der Waals surface area contributed by atoms with Gasteiger partial charge in [0.05, 0.1) is 0 Å². The molecule has 1 fully saturated rings. The lowest BCUT2D eigenvalue weighted by molar-refractivity contribution is 0.0745. The van der Waals surface area contributed by atoms with Gasteiger partial charge in [0.1, 0.15) is 6.07 Å². The number of oxazole rings is 1. The van der Waals surface area contributed by atoms with E-state index in [1.54, 1.807) is 47.4 Å². The van der Waals surface area contributed by atoms with Gasteiger partial charge in [-0.2, -0.15) is 10.2 Å². The summed E-state index contributed by atoms with van der Waals surface area (Å²) in [5.41, 5.74) is 1.53. The number of piperazine rings is 1. The summed E-state index contributed by atoms with van der Waals surface area (Å²) in [6, 6.07) is 16.1. The highest BCUT2D eigenvalue weighted by atomic mass is 35.5. The van der Waals surface area contributed by atoms with Crippen molar-refractivity contribution in [2.45, 2.75) is 0 Å². The Morgan fingerprint density at radius 3 is 2.41 bits per heavy atom. The molecule has 0 spiro atoms. The van der Waals surface area contributed by atoms with E-state index in [1.165, 1.54) is 0 Å². The first-order chi connectivity index (χ1) is 14.0. The Hall–Kier alpha value is -3.01. The van der Waals surface area contributed by atoms with E-state index in [2.05, 4.69) is 11.1 Å². The summed E-state index contributed by atoms with van der Waals surface area (Å²) < 4.78 is 5.90. The van der Waals surface area contributed by atoms with E-state index in [0.29, 0.717) is 59.1 Å². The van der Waals surface area contributed by atoms with Crippen LogP contribution in [0.2, 0.25) is 10.0 Å². The van der Waals surface area contributed by atoms with Gasteiger partial charge in [0.25, 0.3) is 5.91 Å². The number of anilines is 1. The van der Waals surface area contributed by atoms with Crippen LogP contribution in [0.4, 0.5) is 5.88 Å². The Kier molecular flexibility index (Phi) is 5.43. The third-order valence-corrected chi connectivity index (χ3v) is 5.22. The zero-order valence-corrected chi connectivity index (χ0v) is 16.8. The molecular formula is C21H16Cl2N4O2. The number of rotatable bonds is 3. The van der Waals surface area contributed by atoms with Crippen LogP contribution >= 0.6 is 23.2 Å². The third-order valence-electron chi connectivity index (χ3n) is 4.73. The minimum absolute atomic E-state index is 0.0426. The first-order valence-electron chi connectivity index (χ1n) is 9.02. The molecule has 2 heterocycles. The van der Waals surface area contributed by atoms with Crippen molar-refractivity contribution in [2.75, 3.05) is 31.1 Å². The number of aromatic nitrogens is 1. The average molecular weight is 427 g/mol. The number of nitrogens with zero attached hydrogens (tertiary/aromatic N) is 4. The molecule has 29 heavy (non-hydrogen) atoms. The Balaban J connectivity index is 1.49. The number of carbonyl (C=O) groups excluding carboxylic acids is 1. The molecule has 1 aliphatic rings. The molecule has 0 radical (unpaired) electrons. The topological polar surface area (TPSA) is 73.4 Å². The fraction of sp³-hybridized carbons (Fsp3) is 0.190. The van der Waals surface area contributed by atoms with Crippen LogP contribution in [0.3, 0.4) is 0 Å². The molecule has 0 N–H and O–H groups in total. The van der Waals surface area contributed by atoms with Gasteiger partial charge in [0.15, 0.2) is 0 Å². The SMILES string of the molecule is N#Cc1nc(-c2cccc(Cl)c2)oc1N1CCN(C(=O)c2ccc(Cl)cc2)CC1. The number of carbonyl (C=O) groups is 1. The summed E-state index contributed by atoms with van der Waals surface area (Å²) in [5.74, 6) is 0.721. The molecule has 1 amide bonds. The summed E-state index contributed by atoms with van der Waals surface area (Å²) in [5, 5.41) is 10.6. The lowest BCUT2D eigenvalue weighted by atomic mass is 10.2. The molecule has 1 aliphatic heterocycles. The fourth-order valence-corrected chi connectivity index (χ4v) is 3.55. The van der Waals surface area contributed by atoms with E-state index in [9.17, 15) is 10.1 Å². The third kappa shape index (κ3) is 4.07. The minimum Gasteiger partial charge on any atom is -0.419 e. The molecule has 1 saturated heterocycles. The van der Waals surface area contributed by atoms with Crippen molar-refractivity contribution in [3.05, 3.63) is 69.8 Å². The first kappa shape index (κ1) is 19.3. The van der Waals surface area contributed by atoms with Crippen molar-refractivity contribution in [1.29, 1.82) is 5.26 Å². The van der Waals surface area contributed by atoms with Crippen LogP contribution in [0.1, 0.15) is 16.1 Å². The van der Waals surface area contributed by atoms with Crippen molar-refractivity contribution >= 4 is 35.0 Å². The van der Waals surface area contributed by atoms with E-state index in [4.69, 9.17) is 27.6 Å². The van der Waals surface area contributed by atoms with E-state index >= 15 is 0 Å². The number of halogens is 2. The standard InChI is InChI=1S/C21H16Cl2N4O2/c22-16-6-4-14(5-7-16)20(28)26-8-10-27(11-9-26)21-18(13-24)25-19(29-21)15-2-1-3-17(23)12-15/h1-7,12H,8-11H2. The predicted molar refractivity (Wildman–Crippen MR) is 111 cm³/mol. The molecule has 146 valence electrons. The van der Waals surface area contributed by atoms with Gasteiger partial charge in [-0.3, -0.25) is 4.79 Å². The second kappa shape index (κ2) is 8.16. The molecule has 0 bridgehead atoms. The molecule has 8 heteroatoms. The predicted octanol–water partition coefficient (Wildman–Crippen LogP) is 4.48. The Bertz CT molecular complexity index is 1080. The van der Waals surface area contributed by atoms with Crippen LogP contribution in [0.15, 0.2) is 52.9 Å². The number of benzene rings is 2. The number of amides is 1. The lowest BCUT2D eigenvalue weighted by Crippen LogP contribution is -2.48. The van der Waals surface area contributed by atoms with Crippen molar-refractivity contribution < 1.29 is 9.21 Å². The maximum Gasteiger partial charge on any atom is 0.253 e. The van der Waals surface area contributed by atoms with E-state index in [1.807, 2.05) is 11.0 Å².